The van der Waals surface area contributed by atoms with Crippen LogP contribution in [-0.4, -0.2) is 37.4 Å². The Bertz CT molecular complexity index is 971. The van der Waals surface area contributed by atoms with Crippen molar-refractivity contribution in [3.63, 3.8) is 0 Å². The Morgan fingerprint density at radius 1 is 1.07 bits per heavy atom. The summed E-state index contributed by atoms with van der Waals surface area (Å²) < 4.78 is 10.4. The second-order valence-electron chi connectivity index (χ2n) is 6.78. The first kappa shape index (κ1) is 21.0. The zero-order valence-corrected chi connectivity index (χ0v) is 16.7. The van der Waals surface area contributed by atoms with E-state index < -0.39 is 18.5 Å². The van der Waals surface area contributed by atoms with Crippen molar-refractivity contribution in [3.8, 4) is 5.75 Å². The summed E-state index contributed by atoms with van der Waals surface area (Å²) >= 11 is 0. The SMILES string of the molecule is COc1ccccc1C(C)NC(=O)COC(=O)c1cccc(N2C(=O)CCC2=O)c1. The second-order valence-corrected chi connectivity index (χ2v) is 6.78. The maximum atomic E-state index is 12.3. The predicted molar refractivity (Wildman–Crippen MR) is 108 cm³/mol. The summed E-state index contributed by atoms with van der Waals surface area (Å²) in [6.07, 6.45) is 0.302. The summed E-state index contributed by atoms with van der Waals surface area (Å²) in [6.45, 7) is 1.33. The van der Waals surface area contributed by atoms with E-state index in [0.29, 0.717) is 11.4 Å². The van der Waals surface area contributed by atoms with Crippen molar-refractivity contribution in [2.45, 2.75) is 25.8 Å². The minimum Gasteiger partial charge on any atom is -0.496 e. The average molecular weight is 410 g/mol. The molecule has 1 fully saturated rings. The number of nitrogens with zero attached hydrogens (tertiary/aromatic N) is 1. The van der Waals surface area contributed by atoms with Gasteiger partial charge >= 0.3 is 5.97 Å². The molecule has 0 aromatic heterocycles. The number of rotatable bonds is 7. The van der Waals surface area contributed by atoms with Gasteiger partial charge in [-0.1, -0.05) is 24.3 Å². The number of nitrogens with one attached hydrogen (secondary N) is 1. The number of anilines is 1. The van der Waals surface area contributed by atoms with Crippen LogP contribution in [0.1, 0.15) is 41.7 Å². The lowest BCUT2D eigenvalue weighted by molar-refractivity contribution is -0.125. The average Bonchev–Trinajstić information content (AvgIpc) is 3.09. The number of carbonyl (C=O) groups excluding carboxylic acids is 4. The largest absolute Gasteiger partial charge is 0.496 e. The smallest absolute Gasteiger partial charge is 0.338 e. The Morgan fingerprint density at radius 3 is 2.47 bits per heavy atom. The van der Waals surface area contributed by atoms with Gasteiger partial charge in [-0.05, 0) is 31.2 Å². The van der Waals surface area contributed by atoms with E-state index in [1.54, 1.807) is 32.2 Å². The molecule has 2 aromatic carbocycles. The van der Waals surface area contributed by atoms with Gasteiger partial charge in [0.05, 0.1) is 24.4 Å². The molecule has 2 aromatic rings. The van der Waals surface area contributed by atoms with Crippen molar-refractivity contribution in [2.24, 2.45) is 0 Å². The molecule has 1 N–H and O–H groups in total. The third kappa shape index (κ3) is 4.65. The number of hydrogen-bond donors (Lipinski definition) is 1. The van der Waals surface area contributed by atoms with Gasteiger partial charge in [0, 0.05) is 18.4 Å². The van der Waals surface area contributed by atoms with Crippen molar-refractivity contribution in [1.29, 1.82) is 0 Å². The summed E-state index contributed by atoms with van der Waals surface area (Å²) in [5.74, 6) is -1.17. The zero-order chi connectivity index (χ0) is 21.7. The number of esters is 1. The molecule has 30 heavy (non-hydrogen) atoms. The van der Waals surface area contributed by atoms with Crippen molar-refractivity contribution in [2.75, 3.05) is 18.6 Å². The highest BCUT2D eigenvalue weighted by atomic mass is 16.5. The summed E-state index contributed by atoms with van der Waals surface area (Å²) in [5, 5.41) is 2.75. The number of benzene rings is 2. The molecule has 8 heteroatoms. The summed E-state index contributed by atoms with van der Waals surface area (Å²) in [5.41, 5.74) is 1.25. The number of amides is 3. The summed E-state index contributed by atoms with van der Waals surface area (Å²) in [4.78, 5) is 49.3. The van der Waals surface area contributed by atoms with Crippen molar-refractivity contribution in [3.05, 3.63) is 59.7 Å². The Kier molecular flexibility index (Phi) is 6.46. The van der Waals surface area contributed by atoms with Gasteiger partial charge in [0.25, 0.3) is 5.91 Å². The first-order valence-corrected chi connectivity index (χ1v) is 9.46. The molecule has 3 rings (SSSR count). The molecule has 1 aliphatic rings. The molecule has 1 atom stereocenters. The molecule has 1 unspecified atom stereocenters. The molecule has 156 valence electrons. The Labute approximate surface area is 173 Å². The molecule has 0 saturated carbocycles. The van der Waals surface area contributed by atoms with E-state index in [9.17, 15) is 19.2 Å². The number of para-hydroxylation sites is 1. The molecule has 8 nitrogen and oxygen atoms in total. The quantitative estimate of drug-likeness (QED) is 0.555. The van der Waals surface area contributed by atoms with E-state index in [2.05, 4.69) is 5.32 Å². The van der Waals surface area contributed by atoms with Crippen LogP contribution in [0.2, 0.25) is 0 Å². The normalized spacial score (nSPS) is 14.4. The van der Waals surface area contributed by atoms with Gasteiger partial charge in [-0.25, -0.2) is 4.79 Å². The lowest BCUT2D eigenvalue weighted by Crippen LogP contribution is -2.31. The van der Waals surface area contributed by atoms with Gasteiger partial charge in [0.1, 0.15) is 5.75 Å². The highest BCUT2D eigenvalue weighted by molar-refractivity contribution is 6.20. The minimum absolute atomic E-state index is 0.144. The summed E-state index contributed by atoms with van der Waals surface area (Å²) in [7, 11) is 1.55. The fraction of sp³-hybridized carbons (Fsp3) is 0.273. The van der Waals surface area contributed by atoms with Crippen LogP contribution in [0.4, 0.5) is 5.69 Å². The lowest BCUT2D eigenvalue weighted by Gasteiger charge is -2.17. The van der Waals surface area contributed by atoms with Crippen molar-refractivity contribution < 1.29 is 28.7 Å². The topological polar surface area (TPSA) is 102 Å². The van der Waals surface area contributed by atoms with Crippen LogP contribution in [0.5, 0.6) is 5.75 Å². The van der Waals surface area contributed by atoms with Crippen LogP contribution >= 0.6 is 0 Å². The van der Waals surface area contributed by atoms with Crippen LogP contribution < -0.4 is 15.0 Å². The minimum atomic E-state index is -0.726. The molecule has 1 saturated heterocycles. The molecule has 1 heterocycles. The first-order chi connectivity index (χ1) is 14.4. The number of ether oxygens (including phenoxy) is 2. The van der Waals surface area contributed by atoms with Crippen LogP contribution in [0, 0.1) is 0 Å². The van der Waals surface area contributed by atoms with Crippen LogP contribution in [-0.2, 0) is 19.1 Å². The van der Waals surface area contributed by atoms with Gasteiger partial charge < -0.3 is 14.8 Å². The van der Waals surface area contributed by atoms with Gasteiger partial charge in [0.15, 0.2) is 6.61 Å². The van der Waals surface area contributed by atoms with Crippen LogP contribution in [0.15, 0.2) is 48.5 Å². The van der Waals surface area contributed by atoms with Crippen molar-refractivity contribution >= 4 is 29.4 Å². The molecule has 1 aliphatic heterocycles. The van der Waals surface area contributed by atoms with Gasteiger partial charge in [0.2, 0.25) is 11.8 Å². The van der Waals surface area contributed by atoms with E-state index in [0.717, 1.165) is 10.5 Å². The molecule has 0 radical (unpaired) electrons. The van der Waals surface area contributed by atoms with Gasteiger partial charge in [-0.15, -0.1) is 0 Å². The fourth-order valence-corrected chi connectivity index (χ4v) is 3.24. The Morgan fingerprint density at radius 2 is 1.77 bits per heavy atom. The third-order valence-corrected chi connectivity index (χ3v) is 4.71. The van der Waals surface area contributed by atoms with E-state index in [4.69, 9.17) is 9.47 Å². The molecule has 0 aliphatic carbocycles. The highest BCUT2D eigenvalue weighted by Crippen LogP contribution is 2.25. The lowest BCUT2D eigenvalue weighted by atomic mass is 10.1. The monoisotopic (exact) mass is 410 g/mol. The van der Waals surface area contributed by atoms with E-state index in [1.807, 2.05) is 18.2 Å². The number of methoxy groups -OCH3 is 1. The molecule has 0 spiro atoms. The van der Waals surface area contributed by atoms with Gasteiger partial charge in [-0.2, -0.15) is 0 Å². The first-order valence-electron chi connectivity index (χ1n) is 9.46. The van der Waals surface area contributed by atoms with E-state index in [1.165, 1.54) is 12.1 Å². The maximum absolute atomic E-state index is 12.3. The van der Waals surface area contributed by atoms with E-state index in [-0.39, 0.29) is 36.3 Å². The number of imide groups is 1. The van der Waals surface area contributed by atoms with Crippen molar-refractivity contribution in [1.82, 2.24) is 5.32 Å². The maximum Gasteiger partial charge on any atom is 0.338 e. The molecule has 0 bridgehead atoms. The predicted octanol–water partition coefficient (Wildman–Crippen LogP) is 2.38. The number of hydrogen-bond acceptors (Lipinski definition) is 6. The van der Waals surface area contributed by atoms with E-state index >= 15 is 0 Å². The third-order valence-electron chi connectivity index (χ3n) is 4.71. The zero-order valence-electron chi connectivity index (χ0n) is 16.7. The van der Waals surface area contributed by atoms with Crippen LogP contribution in [0.3, 0.4) is 0 Å². The standard InChI is InChI=1S/C22H22N2O6/c1-14(17-8-3-4-9-18(17)29-2)23-19(25)13-30-22(28)15-6-5-7-16(12-15)24-20(26)10-11-21(24)27/h3-9,12,14H,10-11,13H2,1-2H3,(H,23,25). The molecular formula is C22H22N2O6. The number of carbonyl (C=O) groups is 4. The highest BCUT2D eigenvalue weighted by Gasteiger charge is 2.30. The van der Waals surface area contributed by atoms with Crippen LogP contribution in [0.25, 0.3) is 0 Å². The fourth-order valence-electron chi connectivity index (χ4n) is 3.24. The van der Waals surface area contributed by atoms with Gasteiger partial charge in [-0.3, -0.25) is 19.3 Å². The molecule has 3 amide bonds. The Hall–Kier alpha value is -3.68. The summed E-state index contributed by atoms with van der Waals surface area (Å²) in [6, 6.07) is 13.0. The molecular weight excluding hydrogens is 388 g/mol. The Balaban J connectivity index is 1.59. The second kappa shape index (κ2) is 9.21.